The van der Waals surface area contributed by atoms with E-state index in [-0.39, 0.29) is 11.9 Å². The predicted molar refractivity (Wildman–Crippen MR) is 88.8 cm³/mol. The van der Waals surface area contributed by atoms with Crippen LogP contribution in [0, 0.1) is 23.2 Å². The Labute approximate surface area is 137 Å². The summed E-state index contributed by atoms with van der Waals surface area (Å²) < 4.78 is 0. The van der Waals surface area contributed by atoms with E-state index in [1.54, 1.807) is 12.3 Å². The van der Waals surface area contributed by atoms with Gasteiger partial charge in [-0.3, -0.25) is 4.79 Å². The normalized spacial score (nSPS) is 22.2. The van der Waals surface area contributed by atoms with Gasteiger partial charge in [-0.2, -0.15) is 5.26 Å². The summed E-state index contributed by atoms with van der Waals surface area (Å²) in [4.78, 5) is 21.3. The van der Waals surface area contributed by atoms with Crippen molar-refractivity contribution < 1.29 is 4.79 Å². The molecule has 1 atom stereocenters. The Balaban J connectivity index is 1.83. The van der Waals surface area contributed by atoms with E-state index in [1.807, 2.05) is 6.07 Å². The van der Waals surface area contributed by atoms with Crippen LogP contribution in [0.15, 0.2) is 18.3 Å². The van der Waals surface area contributed by atoms with Gasteiger partial charge in [-0.15, -0.1) is 0 Å². The maximum absolute atomic E-state index is 12.6. The first kappa shape index (κ1) is 15.8. The topological polar surface area (TPSA) is 60.2 Å². The first-order valence-electron chi connectivity index (χ1n) is 8.49. The van der Waals surface area contributed by atoms with Gasteiger partial charge in [0.2, 0.25) is 5.91 Å². The molecule has 3 rings (SSSR count). The Bertz CT molecular complexity index is 618. The van der Waals surface area contributed by atoms with Crippen LogP contribution in [-0.2, 0) is 4.79 Å². The molecule has 0 spiro atoms. The first-order valence-corrected chi connectivity index (χ1v) is 8.49. The lowest BCUT2D eigenvalue weighted by Crippen LogP contribution is -2.47. The number of amides is 1. The number of rotatable bonds is 4. The second-order valence-corrected chi connectivity index (χ2v) is 7.01. The van der Waals surface area contributed by atoms with E-state index >= 15 is 0 Å². The number of nitrogens with zero attached hydrogens (tertiary/aromatic N) is 4. The Hall–Kier alpha value is -2.09. The molecule has 1 aromatic heterocycles. The zero-order chi connectivity index (χ0) is 16.4. The van der Waals surface area contributed by atoms with Crippen LogP contribution < -0.4 is 4.90 Å². The van der Waals surface area contributed by atoms with Crippen molar-refractivity contribution >= 4 is 11.7 Å². The van der Waals surface area contributed by atoms with Gasteiger partial charge in [-0.05, 0) is 36.8 Å². The molecule has 1 saturated carbocycles. The van der Waals surface area contributed by atoms with Gasteiger partial charge >= 0.3 is 0 Å². The van der Waals surface area contributed by atoms with Crippen molar-refractivity contribution in [3.8, 4) is 6.07 Å². The molecule has 1 saturated heterocycles. The third-order valence-electron chi connectivity index (χ3n) is 4.84. The van der Waals surface area contributed by atoms with Crippen molar-refractivity contribution in [1.29, 1.82) is 5.26 Å². The van der Waals surface area contributed by atoms with Gasteiger partial charge in [0.25, 0.3) is 0 Å². The molecule has 1 aliphatic carbocycles. The Morgan fingerprint density at radius 3 is 2.87 bits per heavy atom. The highest BCUT2D eigenvalue weighted by Gasteiger charge is 2.35. The highest BCUT2D eigenvalue weighted by atomic mass is 16.2. The molecule has 0 aromatic carbocycles. The molecular formula is C18H24N4O. The van der Waals surface area contributed by atoms with Gasteiger partial charge < -0.3 is 9.80 Å². The summed E-state index contributed by atoms with van der Waals surface area (Å²) in [5, 5.41) is 9.09. The number of carbonyl (C=O) groups is 1. The number of anilines is 1. The van der Waals surface area contributed by atoms with Gasteiger partial charge in [-0.25, -0.2) is 4.98 Å². The maximum Gasteiger partial charge on any atom is 0.224 e. The number of hydrogen-bond acceptors (Lipinski definition) is 4. The molecule has 2 heterocycles. The van der Waals surface area contributed by atoms with E-state index in [9.17, 15) is 4.79 Å². The summed E-state index contributed by atoms with van der Waals surface area (Å²) in [5.41, 5.74) is 0.613. The molecule has 2 fully saturated rings. The van der Waals surface area contributed by atoms with Gasteiger partial charge in [0.1, 0.15) is 5.82 Å². The number of pyridine rings is 1. The van der Waals surface area contributed by atoms with Crippen LogP contribution in [-0.4, -0.2) is 41.5 Å². The predicted octanol–water partition coefficient (Wildman–Crippen LogP) is 2.43. The fourth-order valence-corrected chi connectivity index (χ4v) is 3.23. The average Bonchev–Trinajstić information content (AvgIpc) is 3.37. The fraction of sp³-hybridized carbons (Fsp3) is 0.611. The number of carbonyl (C=O) groups excluding carboxylic acids is 1. The van der Waals surface area contributed by atoms with E-state index < -0.39 is 0 Å². The molecule has 1 amide bonds. The summed E-state index contributed by atoms with van der Waals surface area (Å²) >= 11 is 0. The van der Waals surface area contributed by atoms with Crippen LogP contribution in [0.3, 0.4) is 0 Å². The van der Waals surface area contributed by atoms with E-state index in [2.05, 4.69) is 34.7 Å². The maximum atomic E-state index is 12.6. The van der Waals surface area contributed by atoms with Crippen molar-refractivity contribution in [1.82, 2.24) is 9.88 Å². The second-order valence-electron chi connectivity index (χ2n) is 7.01. The average molecular weight is 312 g/mol. The molecule has 122 valence electrons. The van der Waals surface area contributed by atoms with Gasteiger partial charge in [0, 0.05) is 32.3 Å². The molecule has 0 radical (unpaired) electrons. The van der Waals surface area contributed by atoms with E-state index in [1.165, 1.54) is 12.8 Å². The Morgan fingerprint density at radius 1 is 1.43 bits per heavy atom. The number of aromatic nitrogens is 1. The van der Waals surface area contributed by atoms with Gasteiger partial charge in [-0.1, -0.05) is 13.8 Å². The van der Waals surface area contributed by atoms with Crippen molar-refractivity contribution in [2.75, 3.05) is 24.5 Å². The summed E-state index contributed by atoms with van der Waals surface area (Å²) in [5.74, 6) is 2.16. The summed E-state index contributed by atoms with van der Waals surface area (Å²) in [6, 6.07) is 5.90. The third-order valence-corrected chi connectivity index (χ3v) is 4.84. The highest BCUT2D eigenvalue weighted by molar-refractivity contribution is 5.78. The zero-order valence-corrected chi connectivity index (χ0v) is 13.9. The Kier molecular flexibility index (Phi) is 4.51. The molecule has 2 aliphatic rings. The van der Waals surface area contributed by atoms with E-state index in [0.29, 0.717) is 30.4 Å². The first-order chi connectivity index (χ1) is 11.1. The van der Waals surface area contributed by atoms with Crippen LogP contribution >= 0.6 is 0 Å². The molecule has 5 nitrogen and oxygen atoms in total. The summed E-state index contributed by atoms with van der Waals surface area (Å²) in [6.07, 6.45) is 4.70. The molecule has 0 unspecified atom stereocenters. The van der Waals surface area contributed by atoms with E-state index in [4.69, 9.17) is 5.26 Å². The Morgan fingerprint density at radius 2 is 2.22 bits per heavy atom. The lowest BCUT2D eigenvalue weighted by molar-refractivity contribution is -0.133. The minimum atomic E-state index is 0.207. The SMILES string of the molecule is CC(C)[C@@H]1CN(c2cc(C#N)ccn2)CCC(=O)N1CC1CC1. The molecule has 1 aromatic rings. The van der Waals surface area contributed by atoms with Crippen molar-refractivity contribution in [2.45, 2.75) is 39.2 Å². The lowest BCUT2D eigenvalue weighted by Gasteiger charge is -2.35. The van der Waals surface area contributed by atoms with Crippen molar-refractivity contribution in [3.05, 3.63) is 23.9 Å². The third kappa shape index (κ3) is 3.64. The lowest BCUT2D eigenvalue weighted by atomic mass is 10.0. The van der Waals surface area contributed by atoms with Gasteiger partial charge in [0.15, 0.2) is 0 Å². The largest absolute Gasteiger partial charge is 0.354 e. The number of hydrogen-bond donors (Lipinski definition) is 0. The van der Waals surface area contributed by atoms with Crippen LogP contribution in [0.1, 0.15) is 38.7 Å². The standard InChI is InChI=1S/C18H24N4O/c1-13(2)16-12-21(17-9-15(10-19)5-7-20-17)8-6-18(23)22(16)11-14-3-4-14/h5,7,9,13-14,16H,3-4,6,8,11-12H2,1-2H3/t16-/m0/s1. The molecule has 0 bridgehead atoms. The monoisotopic (exact) mass is 312 g/mol. The van der Waals surface area contributed by atoms with Crippen LogP contribution in [0.25, 0.3) is 0 Å². The fourth-order valence-electron chi connectivity index (χ4n) is 3.23. The summed E-state index contributed by atoms with van der Waals surface area (Å²) in [6.45, 7) is 6.73. The van der Waals surface area contributed by atoms with Gasteiger partial charge in [0.05, 0.1) is 17.7 Å². The van der Waals surface area contributed by atoms with Crippen LogP contribution in [0.2, 0.25) is 0 Å². The quantitative estimate of drug-likeness (QED) is 0.856. The summed E-state index contributed by atoms with van der Waals surface area (Å²) in [7, 11) is 0. The molecule has 5 heteroatoms. The van der Waals surface area contributed by atoms with Crippen molar-refractivity contribution in [3.63, 3.8) is 0 Å². The minimum Gasteiger partial charge on any atom is -0.354 e. The molecule has 1 aliphatic heterocycles. The van der Waals surface area contributed by atoms with Crippen LogP contribution in [0.5, 0.6) is 0 Å². The highest BCUT2D eigenvalue weighted by Crippen LogP contribution is 2.32. The molecular weight excluding hydrogens is 288 g/mol. The van der Waals surface area contributed by atoms with E-state index in [0.717, 1.165) is 18.9 Å². The van der Waals surface area contributed by atoms with Crippen molar-refractivity contribution in [2.24, 2.45) is 11.8 Å². The second kappa shape index (κ2) is 6.57. The van der Waals surface area contributed by atoms with Crippen LogP contribution in [0.4, 0.5) is 5.82 Å². The smallest absolute Gasteiger partial charge is 0.224 e. The number of nitriles is 1. The minimum absolute atomic E-state index is 0.207. The molecule has 23 heavy (non-hydrogen) atoms. The molecule has 0 N–H and O–H groups in total. The zero-order valence-electron chi connectivity index (χ0n) is 13.9.